The zero-order chi connectivity index (χ0) is 13.3. The van der Waals surface area contributed by atoms with Gasteiger partial charge in [0.2, 0.25) is 5.95 Å². The van der Waals surface area contributed by atoms with Crippen molar-refractivity contribution in [3.8, 4) is 11.3 Å². The van der Waals surface area contributed by atoms with Crippen LogP contribution < -0.4 is 5.32 Å². The molecular weight excluding hydrogens is 243 g/mol. The van der Waals surface area contributed by atoms with Gasteiger partial charge >= 0.3 is 0 Å². The van der Waals surface area contributed by atoms with Crippen molar-refractivity contribution in [3.05, 3.63) is 41.3 Å². The van der Waals surface area contributed by atoms with E-state index >= 15 is 0 Å². The van der Waals surface area contributed by atoms with E-state index in [9.17, 15) is 13.2 Å². The Balaban J connectivity index is 2.61. The highest BCUT2D eigenvalue weighted by molar-refractivity contribution is 5.61. The van der Waals surface area contributed by atoms with E-state index in [1.54, 1.807) is 14.0 Å². The molecule has 0 fully saturated rings. The molecule has 2 rings (SSSR count). The number of benzene rings is 1. The summed E-state index contributed by atoms with van der Waals surface area (Å²) in [5, 5.41) is 2.71. The Labute approximate surface area is 102 Å². The molecule has 1 aromatic carbocycles. The van der Waals surface area contributed by atoms with Gasteiger partial charge in [0.1, 0.15) is 5.82 Å². The van der Waals surface area contributed by atoms with Crippen LogP contribution in [0.1, 0.15) is 5.69 Å². The molecule has 0 radical (unpaired) electrons. The number of hydrogen-bond donors (Lipinski definition) is 1. The number of aryl methyl sites for hydroxylation is 1. The lowest BCUT2D eigenvalue weighted by molar-refractivity contribution is 0.496. The van der Waals surface area contributed by atoms with Crippen LogP contribution in [0.5, 0.6) is 0 Å². The van der Waals surface area contributed by atoms with Crippen molar-refractivity contribution < 1.29 is 13.2 Å². The van der Waals surface area contributed by atoms with Gasteiger partial charge in [-0.15, -0.1) is 0 Å². The van der Waals surface area contributed by atoms with E-state index in [1.165, 1.54) is 6.07 Å². The molecule has 0 amide bonds. The largest absolute Gasteiger partial charge is 0.357 e. The minimum Gasteiger partial charge on any atom is -0.357 e. The van der Waals surface area contributed by atoms with E-state index in [-0.39, 0.29) is 17.2 Å². The summed E-state index contributed by atoms with van der Waals surface area (Å²) in [4.78, 5) is 8.04. The third-order valence-corrected chi connectivity index (χ3v) is 2.36. The Hall–Kier alpha value is -2.11. The van der Waals surface area contributed by atoms with Gasteiger partial charge in [-0.25, -0.2) is 23.1 Å². The Morgan fingerprint density at radius 1 is 0.944 bits per heavy atom. The van der Waals surface area contributed by atoms with Crippen LogP contribution in [0.3, 0.4) is 0 Å². The van der Waals surface area contributed by atoms with Gasteiger partial charge in [0.05, 0.1) is 5.69 Å². The van der Waals surface area contributed by atoms with E-state index in [1.807, 2.05) is 0 Å². The number of rotatable bonds is 2. The number of aromatic nitrogens is 2. The van der Waals surface area contributed by atoms with Crippen LogP contribution in [0.2, 0.25) is 0 Å². The second-order valence-electron chi connectivity index (χ2n) is 3.71. The Kier molecular flexibility index (Phi) is 3.18. The van der Waals surface area contributed by atoms with E-state index in [2.05, 4.69) is 15.3 Å². The molecule has 3 nitrogen and oxygen atoms in total. The quantitative estimate of drug-likeness (QED) is 0.836. The van der Waals surface area contributed by atoms with Crippen LogP contribution in [0.15, 0.2) is 18.2 Å². The van der Waals surface area contributed by atoms with Crippen LogP contribution in [-0.4, -0.2) is 17.0 Å². The molecular formula is C12H10F3N3. The predicted octanol–water partition coefficient (Wildman–Crippen LogP) is 2.91. The maximum atomic E-state index is 13.6. The summed E-state index contributed by atoms with van der Waals surface area (Å²) < 4.78 is 39.6. The van der Waals surface area contributed by atoms with Crippen molar-refractivity contribution >= 4 is 5.95 Å². The molecule has 0 atom stereocenters. The average Bonchev–Trinajstić information content (AvgIpc) is 2.33. The summed E-state index contributed by atoms with van der Waals surface area (Å²) in [7, 11) is 1.61. The molecule has 0 saturated carbocycles. The van der Waals surface area contributed by atoms with Crippen molar-refractivity contribution in [1.29, 1.82) is 0 Å². The molecule has 94 valence electrons. The summed E-state index contributed by atoms with van der Waals surface area (Å²) in [6.45, 7) is 1.70. The van der Waals surface area contributed by atoms with E-state index in [0.717, 1.165) is 6.07 Å². The standard InChI is InChI=1S/C12H10F3N3/c1-6-3-11(18-12(16-2)17-6)7-4-9(14)10(15)5-8(7)13/h3-5H,1-2H3,(H,16,17,18). The zero-order valence-electron chi connectivity index (χ0n) is 9.76. The first-order valence-corrected chi connectivity index (χ1v) is 5.19. The third-order valence-electron chi connectivity index (χ3n) is 2.36. The number of anilines is 1. The van der Waals surface area contributed by atoms with Gasteiger partial charge in [-0.05, 0) is 19.1 Å². The van der Waals surface area contributed by atoms with Gasteiger partial charge in [-0.1, -0.05) is 0 Å². The summed E-state index contributed by atoms with van der Waals surface area (Å²) in [6, 6.07) is 2.78. The lowest BCUT2D eigenvalue weighted by atomic mass is 10.1. The van der Waals surface area contributed by atoms with Gasteiger partial charge in [-0.2, -0.15) is 0 Å². The Morgan fingerprint density at radius 2 is 1.61 bits per heavy atom. The Morgan fingerprint density at radius 3 is 2.28 bits per heavy atom. The van der Waals surface area contributed by atoms with Gasteiger partial charge in [-0.3, -0.25) is 0 Å². The highest BCUT2D eigenvalue weighted by Crippen LogP contribution is 2.24. The topological polar surface area (TPSA) is 37.8 Å². The summed E-state index contributed by atoms with van der Waals surface area (Å²) in [6.07, 6.45) is 0. The highest BCUT2D eigenvalue weighted by Gasteiger charge is 2.13. The third kappa shape index (κ3) is 2.27. The SMILES string of the molecule is CNc1nc(C)cc(-c2cc(F)c(F)cc2F)n1. The molecule has 0 aliphatic rings. The zero-order valence-corrected chi connectivity index (χ0v) is 9.76. The second-order valence-corrected chi connectivity index (χ2v) is 3.71. The summed E-state index contributed by atoms with van der Waals surface area (Å²) in [5.74, 6) is -2.92. The van der Waals surface area contributed by atoms with Crippen LogP contribution in [0, 0.1) is 24.4 Å². The van der Waals surface area contributed by atoms with Crippen molar-refractivity contribution in [2.45, 2.75) is 6.92 Å². The lowest BCUT2D eigenvalue weighted by Gasteiger charge is -2.07. The lowest BCUT2D eigenvalue weighted by Crippen LogP contribution is -2.01. The maximum absolute atomic E-state index is 13.6. The van der Waals surface area contributed by atoms with E-state index < -0.39 is 17.5 Å². The van der Waals surface area contributed by atoms with Gasteiger partial charge in [0.25, 0.3) is 0 Å². The molecule has 0 spiro atoms. The minimum absolute atomic E-state index is 0.101. The molecule has 0 bridgehead atoms. The highest BCUT2D eigenvalue weighted by atomic mass is 19.2. The fourth-order valence-electron chi connectivity index (χ4n) is 1.54. The molecule has 18 heavy (non-hydrogen) atoms. The van der Waals surface area contributed by atoms with Crippen molar-refractivity contribution in [2.24, 2.45) is 0 Å². The molecule has 1 N–H and O–H groups in total. The number of halogens is 3. The molecule has 0 saturated heterocycles. The number of nitrogens with one attached hydrogen (secondary N) is 1. The first-order valence-electron chi connectivity index (χ1n) is 5.19. The van der Waals surface area contributed by atoms with Gasteiger partial charge < -0.3 is 5.32 Å². The predicted molar refractivity (Wildman–Crippen MR) is 61.6 cm³/mol. The summed E-state index contributed by atoms with van der Waals surface area (Å²) >= 11 is 0. The van der Waals surface area contributed by atoms with E-state index in [0.29, 0.717) is 11.8 Å². The van der Waals surface area contributed by atoms with Crippen molar-refractivity contribution in [1.82, 2.24) is 9.97 Å². The van der Waals surface area contributed by atoms with Crippen molar-refractivity contribution in [3.63, 3.8) is 0 Å². The Bertz CT molecular complexity index is 599. The van der Waals surface area contributed by atoms with Crippen molar-refractivity contribution in [2.75, 3.05) is 12.4 Å². The minimum atomic E-state index is -1.23. The fourth-order valence-corrected chi connectivity index (χ4v) is 1.54. The smallest absolute Gasteiger partial charge is 0.223 e. The maximum Gasteiger partial charge on any atom is 0.223 e. The van der Waals surface area contributed by atoms with E-state index in [4.69, 9.17) is 0 Å². The van der Waals surface area contributed by atoms with Gasteiger partial charge in [0.15, 0.2) is 11.6 Å². The molecule has 6 heteroatoms. The van der Waals surface area contributed by atoms with Crippen LogP contribution in [0.25, 0.3) is 11.3 Å². The normalized spacial score (nSPS) is 10.5. The molecule has 2 aromatic rings. The molecule has 1 heterocycles. The second kappa shape index (κ2) is 4.64. The first kappa shape index (κ1) is 12.3. The molecule has 0 aliphatic carbocycles. The number of hydrogen-bond acceptors (Lipinski definition) is 3. The molecule has 0 aliphatic heterocycles. The van der Waals surface area contributed by atoms with Gasteiger partial charge in [0, 0.05) is 24.4 Å². The van der Waals surface area contributed by atoms with Crippen LogP contribution in [-0.2, 0) is 0 Å². The average molecular weight is 253 g/mol. The molecule has 0 unspecified atom stereocenters. The first-order chi connectivity index (χ1) is 8.51. The summed E-state index contributed by atoms with van der Waals surface area (Å²) in [5.41, 5.74) is 0.688. The monoisotopic (exact) mass is 253 g/mol. The number of nitrogens with zero attached hydrogens (tertiary/aromatic N) is 2. The molecule has 1 aromatic heterocycles. The fraction of sp³-hybridized carbons (Fsp3) is 0.167. The van der Waals surface area contributed by atoms with Crippen LogP contribution in [0.4, 0.5) is 19.1 Å². The van der Waals surface area contributed by atoms with Crippen LogP contribution >= 0.6 is 0 Å².